The Morgan fingerprint density at radius 3 is 2.21 bits per heavy atom. The van der Waals surface area contributed by atoms with Crippen molar-refractivity contribution in [2.24, 2.45) is 0 Å². The summed E-state index contributed by atoms with van der Waals surface area (Å²) in [5, 5.41) is 0. The van der Waals surface area contributed by atoms with Crippen molar-refractivity contribution in [3.8, 4) is 34.5 Å². The molecule has 0 fully saturated rings. The van der Waals surface area contributed by atoms with Gasteiger partial charge in [-0.05, 0) is 23.8 Å². The number of Topliss-reactive ketones (excluding diaryl/α,β-unsaturated/α-hetero) is 1. The zero-order chi connectivity index (χ0) is 20.1. The van der Waals surface area contributed by atoms with Crippen molar-refractivity contribution >= 4 is 5.78 Å². The molecule has 150 valence electrons. The Hall–Kier alpha value is -3.35. The van der Waals surface area contributed by atoms with E-state index in [9.17, 15) is 4.79 Å². The minimum atomic E-state index is -0.327. The molecule has 2 aromatic rings. The largest absolute Gasteiger partial charge is 0.493 e. The van der Waals surface area contributed by atoms with Gasteiger partial charge < -0.3 is 28.4 Å². The molecular formula is C22H20O7. The molecule has 0 bridgehead atoms. The highest BCUT2D eigenvalue weighted by atomic mass is 16.7. The Labute approximate surface area is 167 Å². The molecule has 0 unspecified atom stereocenters. The Balaban J connectivity index is 1.74. The molecule has 1 atom stereocenters. The van der Waals surface area contributed by atoms with E-state index >= 15 is 0 Å². The third-order valence-corrected chi connectivity index (χ3v) is 5.54. The number of methoxy groups -OCH3 is 3. The highest BCUT2D eigenvalue weighted by molar-refractivity contribution is 6.01. The van der Waals surface area contributed by atoms with Gasteiger partial charge in [-0.1, -0.05) is 0 Å². The molecular weight excluding hydrogens is 376 g/mol. The Kier molecular flexibility index (Phi) is 4.04. The predicted molar refractivity (Wildman–Crippen MR) is 102 cm³/mol. The van der Waals surface area contributed by atoms with Crippen molar-refractivity contribution in [3.63, 3.8) is 0 Å². The summed E-state index contributed by atoms with van der Waals surface area (Å²) in [4.78, 5) is 12.8. The van der Waals surface area contributed by atoms with Gasteiger partial charge in [-0.25, -0.2) is 0 Å². The van der Waals surface area contributed by atoms with E-state index in [0.717, 1.165) is 11.1 Å². The first kappa shape index (κ1) is 17.7. The van der Waals surface area contributed by atoms with Crippen LogP contribution in [0.4, 0.5) is 0 Å². The number of ketones is 1. The van der Waals surface area contributed by atoms with Gasteiger partial charge in [0.2, 0.25) is 12.5 Å². The average molecular weight is 396 g/mol. The van der Waals surface area contributed by atoms with Crippen molar-refractivity contribution in [1.82, 2.24) is 0 Å². The average Bonchev–Trinajstić information content (AvgIpc) is 3.35. The third-order valence-electron chi connectivity index (χ3n) is 5.54. The summed E-state index contributed by atoms with van der Waals surface area (Å²) < 4.78 is 33.7. The molecule has 2 aliphatic heterocycles. The van der Waals surface area contributed by atoms with Gasteiger partial charge in [-0.15, -0.1) is 0 Å². The van der Waals surface area contributed by atoms with E-state index in [2.05, 4.69) is 0 Å². The summed E-state index contributed by atoms with van der Waals surface area (Å²) in [6.07, 6.45) is 1.02. The number of hydrogen-bond donors (Lipinski definition) is 0. The first-order valence-electron chi connectivity index (χ1n) is 9.32. The number of benzene rings is 2. The number of hydrogen-bond acceptors (Lipinski definition) is 7. The summed E-state index contributed by atoms with van der Waals surface area (Å²) in [7, 11) is 4.70. The highest BCUT2D eigenvalue weighted by Crippen LogP contribution is 2.53. The van der Waals surface area contributed by atoms with Crippen LogP contribution in [0.1, 0.15) is 29.9 Å². The lowest BCUT2D eigenvalue weighted by Gasteiger charge is -2.28. The summed E-state index contributed by atoms with van der Waals surface area (Å²) in [6.45, 7) is 0.166. The lowest BCUT2D eigenvalue weighted by Crippen LogP contribution is -2.18. The van der Waals surface area contributed by atoms with E-state index in [0.29, 0.717) is 58.7 Å². The van der Waals surface area contributed by atoms with Crippen LogP contribution in [0.3, 0.4) is 0 Å². The smallest absolute Gasteiger partial charge is 0.231 e. The summed E-state index contributed by atoms with van der Waals surface area (Å²) in [5.74, 6) is 3.98. The Bertz CT molecular complexity index is 1030. The van der Waals surface area contributed by atoms with E-state index in [1.54, 1.807) is 21.3 Å². The number of carbonyl (C=O) groups excluding carboxylic acids is 1. The maximum Gasteiger partial charge on any atom is 0.231 e. The zero-order valence-electron chi connectivity index (χ0n) is 16.4. The monoisotopic (exact) mass is 396 g/mol. The summed E-state index contributed by atoms with van der Waals surface area (Å²) in [5.41, 5.74) is 2.37. The van der Waals surface area contributed by atoms with Crippen molar-refractivity contribution in [2.45, 2.75) is 18.8 Å². The predicted octanol–water partition coefficient (Wildman–Crippen LogP) is 3.58. The molecule has 0 radical (unpaired) electrons. The van der Waals surface area contributed by atoms with Gasteiger partial charge in [0.25, 0.3) is 0 Å². The van der Waals surface area contributed by atoms with Gasteiger partial charge >= 0.3 is 0 Å². The molecule has 0 N–H and O–H groups in total. The Morgan fingerprint density at radius 2 is 1.55 bits per heavy atom. The first-order chi connectivity index (χ1) is 14.1. The maximum atomic E-state index is 12.8. The van der Waals surface area contributed by atoms with Crippen molar-refractivity contribution in [2.75, 3.05) is 28.1 Å². The molecule has 1 aliphatic carbocycles. The van der Waals surface area contributed by atoms with E-state index in [1.807, 2.05) is 24.3 Å². The number of rotatable bonds is 4. The molecule has 5 rings (SSSR count). The van der Waals surface area contributed by atoms with Gasteiger partial charge in [0, 0.05) is 36.0 Å². The number of fused-ring (bicyclic) bond motifs is 2. The van der Waals surface area contributed by atoms with Crippen LogP contribution in [0.5, 0.6) is 34.5 Å². The van der Waals surface area contributed by atoms with Gasteiger partial charge in [-0.3, -0.25) is 4.79 Å². The minimum Gasteiger partial charge on any atom is -0.493 e. The molecule has 3 aliphatic rings. The number of carbonyl (C=O) groups is 1. The second-order valence-corrected chi connectivity index (χ2v) is 7.00. The third kappa shape index (κ3) is 2.61. The number of ether oxygens (including phenoxy) is 6. The van der Waals surface area contributed by atoms with Crippen molar-refractivity contribution in [3.05, 3.63) is 46.7 Å². The molecule has 7 nitrogen and oxygen atoms in total. The van der Waals surface area contributed by atoms with Crippen molar-refractivity contribution in [1.29, 1.82) is 0 Å². The molecule has 2 aromatic carbocycles. The topological polar surface area (TPSA) is 72.5 Å². The van der Waals surface area contributed by atoms with Gasteiger partial charge in [-0.2, -0.15) is 0 Å². The second kappa shape index (κ2) is 6.62. The Morgan fingerprint density at radius 1 is 0.862 bits per heavy atom. The molecule has 29 heavy (non-hydrogen) atoms. The zero-order valence-corrected chi connectivity index (χ0v) is 16.4. The summed E-state index contributed by atoms with van der Waals surface area (Å²) in [6, 6.07) is 7.47. The number of allylic oxidation sites excluding steroid dienone is 2. The van der Waals surface area contributed by atoms with Crippen LogP contribution in [0, 0.1) is 0 Å². The fourth-order valence-corrected chi connectivity index (χ4v) is 4.24. The van der Waals surface area contributed by atoms with Gasteiger partial charge in [0.1, 0.15) is 11.5 Å². The lowest BCUT2D eigenvalue weighted by atomic mass is 9.81. The van der Waals surface area contributed by atoms with Crippen LogP contribution in [0.25, 0.3) is 0 Å². The molecule has 0 amide bonds. The first-order valence-corrected chi connectivity index (χ1v) is 9.32. The normalized spacial score (nSPS) is 18.9. The highest BCUT2D eigenvalue weighted by Gasteiger charge is 2.40. The van der Waals surface area contributed by atoms with E-state index in [-0.39, 0.29) is 18.5 Å². The molecule has 0 saturated carbocycles. The van der Waals surface area contributed by atoms with Crippen LogP contribution in [0.2, 0.25) is 0 Å². The van der Waals surface area contributed by atoms with E-state index in [1.165, 1.54) is 0 Å². The van der Waals surface area contributed by atoms with Crippen LogP contribution < -0.4 is 28.4 Å². The van der Waals surface area contributed by atoms with Gasteiger partial charge in [0.05, 0.1) is 21.3 Å². The molecule has 7 heteroatoms. The van der Waals surface area contributed by atoms with Crippen LogP contribution in [-0.2, 0) is 4.79 Å². The lowest BCUT2D eigenvalue weighted by molar-refractivity contribution is -0.115. The second-order valence-electron chi connectivity index (χ2n) is 7.00. The molecule has 0 saturated heterocycles. The van der Waals surface area contributed by atoms with Crippen LogP contribution in [0.15, 0.2) is 35.6 Å². The molecule has 0 aromatic heterocycles. The fraction of sp³-hybridized carbons (Fsp3) is 0.318. The van der Waals surface area contributed by atoms with Crippen molar-refractivity contribution < 1.29 is 33.2 Å². The van der Waals surface area contributed by atoms with E-state index in [4.69, 9.17) is 28.4 Å². The van der Waals surface area contributed by atoms with Crippen LogP contribution >= 0.6 is 0 Å². The minimum absolute atomic E-state index is 0.0852. The van der Waals surface area contributed by atoms with Gasteiger partial charge in [0.15, 0.2) is 28.8 Å². The quantitative estimate of drug-likeness (QED) is 0.782. The van der Waals surface area contributed by atoms with Crippen LogP contribution in [-0.4, -0.2) is 33.9 Å². The SMILES string of the molecule is COc1cc([C@H]2C3=C(CCC3=O)Oc3cc4c(cc32)OCO4)cc(OC)c1OC. The molecule has 0 spiro atoms. The fourth-order valence-electron chi connectivity index (χ4n) is 4.24. The maximum absolute atomic E-state index is 12.8. The summed E-state index contributed by atoms with van der Waals surface area (Å²) >= 11 is 0. The van der Waals surface area contributed by atoms with E-state index < -0.39 is 0 Å². The molecule has 2 heterocycles. The standard InChI is InChI=1S/C22H20O7/c1-24-18-6-11(7-19(25-2)22(18)26-3)20-12-8-16-17(28-10-27-16)9-15(12)29-14-5-4-13(23)21(14)20/h6-9,20H,4-5,10H2,1-3H3/t20-/m1/s1.